The Hall–Kier alpha value is -2.17. The Kier molecular flexibility index (Phi) is 6.13. The van der Waals surface area contributed by atoms with Gasteiger partial charge in [-0.05, 0) is 25.0 Å². The normalized spacial score (nSPS) is 15.7. The Morgan fingerprint density at radius 1 is 1.23 bits per heavy atom. The van der Waals surface area contributed by atoms with Gasteiger partial charge in [0.2, 0.25) is 0 Å². The zero-order chi connectivity index (χ0) is 15.8. The van der Waals surface area contributed by atoms with Gasteiger partial charge in [0.25, 0.3) is 5.91 Å². The van der Waals surface area contributed by atoms with Crippen LogP contribution in [0.2, 0.25) is 0 Å². The van der Waals surface area contributed by atoms with Gasteiger partial charge in [-0.25, -0.2) is 9.18 Å². The van der Waals surface area contributed by atoms with Crippen LogP contribution < -0.4 is 5.32 Å². The molecule has 118 valence electrons. The first-order valence-corrected chi connectivity index (χ1v) is 7.54. The molecule has 0 radical (unpaired) electrons. The molecule has 1 saturated carbocycles. The number of carbonyl (C=O) groups excluding carboxylic acids is 2. The fourth-order valence-electron chi connectivity index (χ4n) is 2.47. The molecule has 1 aliphatic rings. The van der Waals surface area contributed by atoms with Crippen molar-refractivity contribution in [2.45, 2.75) is 38.1 Å². The fraction of sp³-hybridized carbons (Fsp3) is 0.412. The molecule has 0 bridgehead atoms. The first-order chi connectivity index (χ1) is 10.6. The Bertz CT molecular complexity index is 551. The maximum absolute atomic E-state index is 13.3. The molecule has 0 aromatic heterocycles. The van der Waals surface area contributed by atoms with Crippen molar-refractivity contribution in [3.8, 4) is 0 Å². The first-order valence-electron chi connectivity index (χ1n) is 7.54. The van der Waals surface area contributed by atoms with Crippen molar-refractivity contribution in [2.24, 2.45) is 0 Å². The second-order valence-corrected chi connectivity index (χ2v) is 5.37. The zero-order valence-electron chi connectivity index (χ0n) is 12.4. The lowest BCUT2D eigenvalue weighted by Crippen LogP contribution is -2.38. The van der Waals surface area contributed by atoms with E-state index in [1.54, 1.807) is 18.2 Å². The lowest BCUT2D eigenvalue weighted by molar-refractivity contribution is -0.144. The molecule has 1 N–H and O–H groups in total. The second kappa shape index (κ2) is 8.32. The molecule has 1 aromatic carbocycles. The molecular weight excluding hydrogens is 285 g/mol. The summed E-state index contributed by atoms with van der Waals surface area (Å²) >= 11 is 0. The van der Waals surface area contributed by atoms with Crippen LogP contribution in [0.25, 0.3) is 6.08 Å². The van der Waals surface area contributed by atoms with Crippen molar-refractivity contribution in [1.29, 1.82) is 0 Å². The van der Waals surface area contributed by atoms with E-state index in [0.717, 1.165) is 31.8 Å². The molecule has 0 heterocycles. The molecule has 0 unspecified atom stereocenters. The second-order valence-electron chi connectivity index (χ2n) is 5.37. The molecule has 1 fully saturated rings. The van der Waals surface area contributed by atoms with E-state index in [9.17, 15) is 14.0 Å². The molecule has 1 amide bonds. The van der Waals surface area contributed by atoms with Crippen molar-refractivity contribution >= 4 is 18.0 Å². The van der Waals surface area contributed by atoms with Crippen LogP contribution in [0.15, 0.2) is 30.3 Å². The number of benzene rings is 1. The van der Waals surface area contributed by atoms with E-state index < -0.39 is 11.8 Å². The molecule has 5 heteroatoms. The predicted molar refractivity (Wildman–Crippen MR) is 81.4 cm³/mol. The van der Waals surface area contributed by atoms with Crippen LogP contribution in [0, 0.1) is 5.82 Å². The third-order valence-electron chi connectivity index (χ3n) is 3.62. The summed E-state index contributed by atoms with van der Waals surface area (Å²) in [6, 6.07) is 6.29. The van der Waals surface area contributed by atoms with E-state index in [4.69, 9.17) is 4.74 Å². The van der Waals surface area contributed by atoms with E-state index in [-0.39, 0.29) is 18.6 Å². The van der Waals surface area contributed by atoms with Crippen LogP contribution in [0.5, 0.6) is 0 Å². The van der Waals surface area contributed by atoms with Crippen molar-refractivity contribution in [2.75, 3.05) is 6.61 Å². The van der Waals surface area contributed by atoms with Gasteiger partial charge in [-0.3, -0.25) is 4.79 Å². The maximum Gasteiger partial charge on any atom is 0.331 e. The Labute approximate surface area is 129 Å². The highest BCUT2D eigenvalue weighted by Crippen LogP contribution is 2.17. The molecule has 22 heavy (non-hydrogen) atoms. The number of amides is 1. The summed E-state index contributed by atoms with van der Waals surface area (Å²) in [6.45, 7) is -0.309. The van der Waals surface area contributed by atoms with Gasteiger partial charge in [-0.2, -0.15) is 0 Å². The van der Waals surface area contributed by atoms with Crippen LogP contribution in [-0.2, 0) is 14.3 Å². The summed E-state index contributed by atoms with van der Waals surface area (Å²) in [4.78, 5) is 23.2. The number of rotatable bonds is 5. The monoisotopic (exact) mass is 305 g/mol. The van der Waals surface area contributed by atoms with E-state index in [0.29, 0.717) is 5.56 Å². The van der Waals surface area contributed by atoms with Crippen molar-refractivity contribution in [3.05, 3.63) is 41.7 Å². The number of esters is 1. The summed E-state index contributed by atoms with van der Waals surface area (Å²) in [5, 5.41) is 2.86. The van der Waals surface area contributed by atoms with Gasteiger partial charge < -0.3 is 10.1 Å². The Morgan fingerprint density at radius 3 is 2.68 bits per heavy atom. The van der Waals surface area contributed by atoms with Gasteiger partial charge in [0, 0.05) is 17.7 Å². The molecule has 1 aromatic rings. The highest BCUT2D eigenvalue weighted by molar-refractivity contribution is 5.89. The summed E-state index contributed by atoms with van der Waals surface area (Å²) in [5.41, 5.74) is 0.297. The van der Waals surface area contributed by atoms with Gasteiger partial charge in [0.05, 0.1) is 0 Å². The van der Waals surface area contributed by atoms with Crippen molar-refractivity contribution in [1.82, 2.24) is 5.32 Å². The van der Waals surface area contributed by atoms with Crippen LogP contribution in [0.4, 0.5) is 4.39 Å². The summed E-state index contributed by atoms with van der Waals surface area (Å²) in [6.07, 6.45) is 7.86. The van der Waals surface area contributed by atoms with E-state index >= 15 is 0 Å². The van der Waals surface area contributed by atoms with Crippen molar-refractivity contribution < 1.29 is 18.7 Å². The minimum Gasteiger partial charge on any atom is -0.452 e. The zero-order valence-corrected chi connectivity index (χ0v) is 12.4. The molecular formula is C17H20FNO3. The Balaban J connectivity index is 1.73. The lowest BCUT2D eigenvalue weighted by atomic mass is 9.95. The maximum atomic E-state index is 13.3. The number of hydrogen-bond acceptors (Lipinski definition) is 3. The SMILES string of the molecule is O=C(COC(=O)/C=C/c1ccccc1F)NC1CCCCC1. The number of ether oxygens (including phenoxy) is 1. The van der Waals surface area contributed by atoms with Crippen LogP contribution in [0.3, 0.4) is 0 Å². The number of hydrogen-bond donors (Lipinski definition) is 1. The molecule has 0 aliphatic heterocycles. The number of halogens is 1. The van der Waals surface area contributed by atoms with Crippen LogP contribution >= 0.6 is 0 Å². The number of nitrogens with one attached hydrogen (secondary N) is 1. The van der Waals surface area contributed by atoms with Gasteiger partial charge in [-0.1, -0.05) is 37.5 Å². The van der Waals surface area contributed by atoms with Gasteiger partial charge in [0.1, 0.15) is 5.82 Å². The smallest absolute Gasteiger partial charge is 0.331 e. The molecule has 1 aliphatic carbocycles. The fourth-order valence-corrected chi connectivity index (χ4v) is 2.47. The standard InChI is InChI=1S/C17H20FNO3/c18-15-9-5-4-6-13(15)10-11-17(21)22-12-16(20)19-14-7-2-1-3-8-14/h4-6,9-11,14H,1-3,7-8,12H2,(H,19,20)/b11-10+. The highest BCUT2D eigenvalue weighted by atomic mass is 19.1. The quantitative estimate of drug-likeness (QED) is 0.672. The minimum absolute atomic E-state index is 0.189. The molecule has 0 spiro atoms. The highest BCUT2D eigenvalue weighted by Gasteiger charge is 2.16. The lowest BCUT2D eigenvalue weighted by Gasteiger charge is -2.22. The third-order valence-corrected chi connectivity index (χ3v) is 3.62. The van der Waals surface area contributed by atoms with E-state index in [1.807, 2.05) is 0 Å². The van der Waals surface area contributed by atoms with Gasteiger partial charge in [0.15, 0.2) is 6.61 Å². The first kappa shape index (κ1) is 16.2. The summed E-state index contributed by atoms with van der Waals surface area (Å²) in [7, 11) is 0. The largest absolute Gasteiger partial charge is 0.452 e. The average Bonchev–Trinajstić information content (AvgIpc) is 2.53. The predicted octanol–water partition coefficient (Wildman–Crippen LogP) is 2.83. The van der Waals surface area contributed by atoms with Crippen LogP contribution in [0.1, 0.15) is 37.7 Å². The van der Waals surface area contributed by atoms with E-state index in [1.165, 1.54) is 18.6 Å². The third kappa shape index (κ3) is 5.31. The average molecular weight is 305 g/mol. The molecule has 0 saturated heterocycles. The van der Waals surface area contributed by atoms with E-state index in [2.05, 4.69) is 5.32 Å². The molecule has 2 rings (SSSR count). The van der Waals surface area contributed by atoms with Crippen LogP contribution in [-0.4, -0.2) is 24.5 Å². The summed E-state index contributed by atoms with van der Waals surface area (Å²) < 4.78 is 18.2. The van der Waals surface area contributed by atoms with Gasteiger partial charge in [-0.15, -0.1) is 0 Å². The molecule has 4 nitrogen and oxygen atoms in total. The van der Waals surface area contributed by atoms with Crippen molar-refractivity contribution in [3.63, 3.8) is 0 Å². The minimum atomic E-state index is -0.665. The molecule has 0 atom stereocenters. The number of carbonyl (C=O) groups is 2. The summed E-state index contributed by atoms with van der Waals surface area (Å²) in [5.74, 6) is -1.37. The topological polar surface area (TPSA) is 55.4 Å². The van der Waals surface area contributed by atoms with Gasteiger partial charge >= 0.3 is 5.97 Å². The Morgan fingerprint density at radius 2 is 1.95 bits per heavy atom.